The number of amides is 1. The van der Waals surface area contributed by atoms with Gasteiger partial charge in [-0.25, -0.2) is 0 Å². The summed E-state index contributed by atoms with van der Waals surface area (Å²) in [5, 5.41) is 7.54. The minimum atomic E-state index is -0.191. The van der Waals surface area contributed by atoms with Crippen molar-refractivity contribution in [3.05, 3.63) is 102 Å². The summed E-state index contributed by atoms with van der Waals surface area (Å²) in [6.45, 7) is -0.0629. The topological polar surface area (TPSA) is 68.5 Å². The summed E-state index contributed by atoms with van der Waals surface area (Å²) in [7, 11) is 1.80. The number of likely N-dealkylation sites (N-methyl/N-ethyl adjacent to an activating group) is 1. The molecule has 1 amide bonds. The maximum absolute atomic E-state index is 12.9. The number of rotatable bonds is 7. The maximum atomic E-state index is 12.9. The van der Waals surface area contributed by atoms with E-state index < -0.39 is 0 Å². The molecule has 0 unspecified atom stereocenters. The van der Waals surface area contributed by atoms with Crippen LogP contribution in [0.4, 0.5) is 0 Å². The van der Waals surface area contributed by atoms with Crippen LogP contribution in [-0.4, -0.2) is 34.7 Å². The van der Waals surface area contributed by atoms with Gasteiger partial charge in [-0.3, -0.25) is 4.79 Å². The van der Waals surface area contributed by atoms with Gasteiger partial charge < -0.3 is 14.1 Å². The lowest BCUT2D eigenvalue weighted by Crippen LogP contribution is -2.35. The van der Waals surface area contributed by atoms with Crippen LogP contribution >= 0.6 is 0 Å². The number of benzene rings is 3. The number of hydrogen-bond donors (Lipinski definition) is 0. The number of carbonyl (C=O) groups is 1. The van der Waals surface area contributed by atoms with Crippen LogP contribution in [0, 0.1) is 0 Å². The van der Waals surface area contributed by atoms with Crippen LogP contribution in [0.25, 0.3) is 11.5 Å². The van der Waals surface area contributed by atoms with Gasteiger partial charge >= 0.3 is 0 Å². The number of nitrogens with zero attached hydrogens (tertiary/aromatic N) is 3. The van der Waals surface area contributed by atoms with E-state index in [-0.39, 0.29) is 18.6 Å². The van der Waals surface area contributed by atoms with Crippen LogP contribution in [-0.2, 0) is 4.79 Å². The number of ether oxygens (including phenoxy) is 1. The first-order valence-electron chi connectivity index (χ1n) is 9.57. The van der Waals surface area contributed by atoms with Crippen LogP contribution in [0.3, 0.4) is 0 Å². The highest BCUT2D eigenvalue weighted by molar-refractivity contribution is 5.78. The van der Waals surface area contributed by atoms with Gasteiger partial charge in [0.1, 0.15) is 5.75 Å². The van der Waals surface area contributed by atoms with E-state index >= 15 is 0 Å². The molecule has 0 radical (unpaired) electrons. The molecule has 0 N–H and O–H groups in total. The summed E-state index contributed by atoms with van der Waals surface area (Å²) in [5.74, 6) is 0.913. The van der Waals surface area contributed by atoms with E-state index in [1.807, 2.05) is 72.8 Å². The Hall–Kier alpha value is -3.93. The van der Waals surface area contributed by atoms with Crippen molar-refractivity contribution in [2.45, 2.75) is 6.04 Å². The molecule has 3 aromatic carbocycles. The van der Waals surface area contributed by atoms with E-state index in [9.17, 15) is 4.79 Å². The average Bonchev–Trinajstić information content (AvgIpc) is 3.34. The molecule has 0 aliphatic heterocycles. The third-order valence-corrected chi connectivity index (χ3v) is 4.83. The molecule has 0 aliphatic carbocycles. The van der Waals surface area contributed by atoms with E-state index in [4.69, 9.17) is 9.15 Å². The Bertz CT molecular complexity index is 1030. The van der Waals surface area contributed by atoms with Crippen molar-refractivity contribution in [2.75, 3.05) is 13.7 Å². The molecule has 0 bridgehead atoms. The standard InChI is InChI=1S/C24H21N3O3/c1-27(23(18-8-4-2-5-9-18)19-10-6-3-7-11-19)22(28)16-29-21-14-12-20(13-15-21)24-26-25-17-30-24/h2-15,17,23H,16H2,1H3. The largest absolute Gasteiger partial charge is 0.484 e. The fourth-order valence-corrected chi connectivity index (χ4v) is 3.29. The second kappa shape index (κ2) is 9.05. The molecule has 4 aromatic rings. The summed E-state index contributed by atoms with van der Waals surface area (Å²) in [6, 6.07) is 26.9. The lowest BCUT2D eigenvalue weighted by molar-refractivity contribution is -0.133. The molecule has 30 heavy (non-hydrogen) atoms. The Morgan fingerprint density at radius 3 is 2.07 bits per heavy atom. The van der Waals surface area contributed by atoms with Gasteiger partial charge in [0.2, 0.25) is 12.3 Å². The normalized spacial score (nSPS) is 10.7. The van der Waals surface area contributed by atoms with Crippen LogP contribution in [0.1, 0.15) is 17.2 Å². The third-order valence-electron chi connectivity index (χ3n) is 4.83. The zero-order valence-electron chi connectivity index (χ0n) is 16.5. The first kappa shape index (κ1) is 19.4. The van der Waals surface area contributed by atoms with Crippen molar-refractivity contribution in [3.63, 3.8) is 0 Å². The smallest absolute Gasteiger partial charge is 0.261 e. The van der Waals surface area contributed by atoms with Crippen LogP contribution in [0.5, 0.6) is 5.75 Å². The van der Waals surface area contributed by atoms with Crippen molar-refractivity contribution in [1.29, 1.82) is 0 Å². The predicted octanol–water partition coefficient (Wildman–Crippen LogP) is 4.36. The second-order valence-corrected chi connectivity index (χ2v) is 6.79. The van der Waals surface area contributed by atoms with E-state index in [0.717, 1.165) is 16.7 Å². The first-order valence-corrected chi connectivity index (χ1v) is 9.57. The molecule has 1 aromatic heterocycles. The van der Waals surface area contributed by atoms with Gasteiger partial charge in [-0.05, 0) is 35.4 Å². The van der Waals surface area contributed by atoms with Gasteiger partial charge in [-0.2, -0.15) is 0 Å². The molecule has 0 fully saturated rings. The average molecular weight is 399 g/mol. The first-order chi connectivity index (χ1) is 14.7. The van der Waals surface area contributed by atoms with Crippen LogP contribution in [0.2, 0.25) is 0 Å². The fourth-order valence-electron chi connectivity index (χ4n) is 3.29. The number of carbonyl (C=O) groups excluding carboxylic acids is 1. The lowest BCUT2D eigenvalue weighted by atomic mass is 9.97. The summed E-state index contributed by atoms with van der Waals surface area (Å²) in [6.07, 6.45) is 1.28. The Labute approximate surface area is 174 Å². The molecule has 6 heteroatoms. The molecule has 4 rings (SSSR count). The molecule has 0 saturated carbocycles. The summed E-state index contributed by atoms with van der Waals surface area (Å²) < 4.78 is 10.9. The predicted molar refractivity (Wildman–Crippen MR) is 113 cm³/mol. The Kier molecular flexibility index (Phi) is 5.85. The van der Waals surface area contributed by atoms with Crippen molar-refractivity contribution in [2.24, 2.45) is 0 Å². The Balaban J connectivity index is 1.46. The highest BCUT2D eigenvalue weighted by Gasteiger charge is 2.23. The van der Waals surface area contributed by atoms with Gasteiger partial charge in [0.05, 0.1) is 6.04 Å². The molecule has 0 atom stereocenters. The third kappa shape index (κ3) is 4.38. The molecular formula is C24H21N3O3. The second-order valence-electron chi connectivity index (χ2n) is 6.79. The number of aromatic nitrogens is 2. The van der Waals surface area contributed by atoms with E-state index in [0.29, 0.717) is 11.6 Å². The van der Waals surface area contributed by atoms with Gasteiger partial charge in [0, 0.05) is 12.6 Å². The summed E-state index contributed by atoms with van der Waals surface area (Å²) in [4.78, 5) is 14.6. The zero-order chi connectivity index (χ0) is 20.8. The van der Waals surface area contributed by atoms with Gasteiger partial charge in [-0.15, -0.1) is 10.2 Å². The zero-order valence-corrected chi connectivity index (χ0v) is 16.5. The van der Waals surface area contributed by atoms with Crippen LogP contribution < -0.4 is 4.74 Å². The molecule has 6 nitrogen and oxygen atoms in total. The highest BCUT2D eigenvalue weighted by atomic mass is 16.5. The summed E-state index contributed by atoms with van der Waals surface area (Å²) in [5.41, 5.74) is 2.88. The lowest BCUT2D eigenvalue weighted by Gasteiger charge is -2.29. The van der Waals surface area contributed by atoms with Gasteiger partial charge in [0.15, 0.2) is 6.61 Å². The van der Waals surface area contributed by atoms with Crippen LogP contribution in [0.15, 0.2) is 95.7 Å². The molecular weight excluding hydrogens is 378 g/mol. The highest BCUT2D eigenvalue weighted by Crippen LogP contribution is 2.28. The van der Waals surface area contributed by atoms with E-state index in [1.165, 1.54) is 6.39 Å². The molecule has 0 saturated heterocycles. The van der Waals surface area contributed by atoms with Gasteiger partial charge in [0.25, 0.3) is 5.91 Å². The van der Waals surface area contributed by atoms with E-state index in [1.54, 1.807) is 24.1 Å². The number of hydrogen-bond acceptors (Lipinski definition) is 5. The molecule has 1 heterocycles. The minimum absolute atomic E-state index is 0.0629. The van der Waals surface area contributed by atoms with Crippen molar-refractivity contribution in [1.82, 2.24) is 15.1 Å². The molecule has 0 spiro atoms. The van der Waals surface area contributed by atoms with E-state index in [2.05, 4.69) is 10.2 Å². The maximum Gasteiger partial charge on any atom is 0.261 e. The van der Waals surface area contributed by atoms with Gasteiger partial charge in [-0.1, -0.05) is 60.7 Å². The fraction of sp³-hybridized carbons (Fsp3) is 0.125. The summed E-state index contributed by atoms with van der Waals surface area (Å²) >= 11 is 0. The quantitative estimate of drug-likeness (QED) is 0.462. The SMILES string of the molecule is CN(C(=O)COc1ccc(-c2nnco2)cc1)C(c1ccccc1)c1ccccc1. The van der Waals surface area contributed by atoms with Crippen molar-refractivity contribution < 1.29 is 13.9 Å². The van der Waals surface area contributed by atoms with Crippen molar-refractivity contribution in [3.8, 4) is 17.2 Å². The minimum Gasteiger partial charge on any atom is -0.484 e. The monoisotopic (exact) mass is 399 g/mol. The Morgan fingerprint density at radius 1 is 0.933 bits per heavy atom. The molecule has 150 valence electrons. The Morgan fingerprint density at radius 2 is 1.53 bits per heavy atom. The van der Waals surface area contributed by atoms with Crippen molar-refractivity contribution >= 4 is 5.91 Å². The molecule has 0 aliphatic rings.